The largest absolute Gasteiger partial charge is 0.508 e. The van der Waals surface area contributed by atoms with E-state index < -0.39 is 51.1 Å². The maximum atomic E-state index is 14.0. The molecule has 2 aromatic rings. The number of likely N-dealkylation sites (tertiary alicyclic amines) is 1. The summed E-state index contributed by atoms with van der Waals surface area (Å²) >= 11 is 24.2. The van der Waals surface area contributed by atoms with Gasteiger partial charge in [0, 0.05) is 10.9 Å². The van der Waals surface area contributed by atoms with Crippen molar-refractivity contribution in [2.24, 2.45) is 17.8 Å². The van der Waals surface area contributed by atoms with Crippen molar-refractivity contribution in [2.75, 3.05) is 10.4 Å². The summed E-state index contributed by atoms with van der Waals surface area (Å²) in [4.78, 5) is 53.4. The number of phenols is 1. The van der Waals surface area contributed by atoms with Crippen LogP contribution in [0, 0.1) is 17.8 Å². The van der Waals surface area contributed by atoms with Crippen LogP contribution in [0.15, 0.2) is 60.7 Å². The molecule has 2 aliphatic carbocycles. The van der Waals surface area contributed by atoms with E-state index in [1.807, 2.05) is 6.08 Å². The van der Waals surface area contributed by atoms with Gasteiger partial charge in [-0.2, -0.15) is 0 Å². The average molecular weight is 665 g/mol. The van der Waals surface area contributed by atoms with E-state index in [1.165, 1.54) is 17.0 Å². The highest BCUT2D eigenvalue weighted by molar-refractivity contribution is 9.09. The van der Waals surface area contributed by atoms with Crippen LogP contribution >= 0.6 is 50.7 Å². The Kier molecular flexibility index (Phi) is 6.50. The fourth-order valence-electron chi connectivity index (χ4n) is 6.86. The molecular formula is C29H22BrCl3N2O5. The molecule has 2 saturated heterocycles. The van der Waals surface area contributed by atoms with E-state index in [0.717, 1.165) is 10.5 Å². The molecule has 0 bridgehead atoms. The number of amides is 4. The minimum atomic E-state index is -1.96. The molecule has 11 heteroatoms. The number of hydrogen-bond donors (Lipinski definition) is 1. The van der Waals surface area contributed by atoms with Crippen molar-refractivity contribution in [1.82, 2.24) is 4.90 Å². The molecule has 6 rings (SSSR count). The van der Waals surface area contributed by atoms with Crippen molar-refractivity contribution in [3.05, 3.63) is 76.8 Å². The molecule has 7 nitrogen and oxygen atoms in total. The van der Waals surface area contributed by atoms with Crippen molar-refractivity contribution in [3.63, 3.8) is 0 Å². The van der Waals surface area contributed by atoms with Gasteiger partial charge in [-0.05, 0) is 54.2 Å². The monoisotopic (exact) mass is 662 g/mol. The molecule has 40 heavy (non-hydrogen) atoms. The standard InChI is InChI=1S/C29H22BrCl3N2O5/c1-2-14-3-5-15(6-4-14)35-24(37)19-10-9-17-20(22(19)25(35)38)12-28(32)26(39)34(13-30)27(40)29(28,33)23(17)18-8-7-16(36)11-21(18)31/h2-9,11,19-20,22-23,36H,1,10,12-13H2/t19-,20+,22-,23+,28+,29-/m0/s1. The Bertz CT molecular complexity index is 1540. The summed E-state index contributed by atoms with van der Waals surface area (Å²) in [5, 5.41) is 10.1. The van der Waals surface area contributed by atoms with E-state index in [9.17, 15) is 24.3 Å². The first kappa shape index (κ1) is 27.5. The lowest BCUT2D eigenvalue weighted by Crippen LogP contribution is -2.60. The quantitative estimate of drug-likeness (QED) is 0.199. The predicted molar refractivity (Wildman–Crippen MR) is 155 cm³/mol. The number of alkyl halides is 3. The maximum Gasteiger partial charge on any atom is 0.254 e. The Morgan fingerprint density at radius 3 is 2.35 bits per heavy atom. The topological polar surface area (TPSA) is 95.0 Å². The van der Waals surface area contributed by atoms with Gasteiger partial charge in [-0.15, -0.1) is 23.2 Å². The highest BCUT2D eigenvalue weighted by Crippen LogP contribution is 2.66. The number of phenolic OH excluding ortho intramolecular Hbond substituents is 1. The summed E-state index contributed by atoms with van der Waals surface area (Å²) in [5.41, 5.74) is 2.18. The summed E-state index contributed by atoms with van der Waals surface area (Å²) in [6.45, 7) is 3.74. The van der Waals surface area contributed by atoms with E-state index in [-0.39, 0.29) is 35.0 Å². The minimum absolute atomic E-state index is 0.0925. The zero-order valence-corrected chi connectivity index (χ0v) is 24.7. The Hall–Kier alpha value is -2.65. The summed E-state index contributed by atoms with van der Waals surface area (Å²) < 4.78 is 0. The van der Waals surface area contributed by atoms with Crippen LogP contribution in [0.4, 0.5) is 5.69 Å². The molecule has 2 heterocycles. The molecule has 2 aromatic carbocycles. The highest BCUT2D eigenvalue weighted by Gasteiger charge is 2.76. The second-order valence-electron chi connectivity index (χ2n) is 10.5. The molecule has 4 amide bonds. The predicted octanol–water partition coefficient (Wildman–Crippen LogP) is 5.60. The number of benzene rings is 2. The molecule has 0 spiro atoms. The van der Waals surface area contributed by atoms with E-state index in [1.54, 1.807) is 36.4 Å². The third-order valence-corrected chi connectivity index (χ3v) is 10.9. The first-order valence-electron chi connectivity index (χ1n) is 12.6. The fourth-order valence-corrected chi connectivity index (χ4v) is 8.56. The lowest BCUT2D eigenvalue weighted by atomic mass is 9.56. The number of aromatic hydroxyl groups is 1. The van der Waals surface area contributed by atoms with Gasteiger partial charge in [0.15, 0.2) is 9.75 Å². The number of hydrogen-bond acceptors (Lipinski definition) is 5. The molecule has 0 aromatic heterocycles. The van der Waals surface area contributed by atoms with Gasteiger partial charge in [-0.25, -0.2) is 0 Å². The second kappa shape index (κ2) is 9.44. The molecule has 1 saturated carbocycles. The van der Waals surface area contributed by atoms with E-state index in [2.05, 4.69) is 22.5 Å². The van der Waals surface area contributed by atoms with Crippen molar-refractivity contribution in [1.29, 1.82) is 0 Å². The van der Waals surface area contributed by atoms with Crippen LogP contribution in [0.2, 0.25) is 5.02 Å². The average Bonchev–Trinajstić information content (AvgIpc) is 3.27. The third-order valence-electron chi connectivity index (χ3n) is 8.70. The number of fused-ring (bicyclic) bond motifs is 4. The van der Waals surface area contributed by atoms with Crippen molar-refractivity contribution in [3.8, 4) is 5.75 Å². The number of carbonyl (C=O) groups excluding carboxylic acids is 4. The van der Waals surface area contributed by atoms with E-state index in [0.29, 0.717) is 16.8 Å². The minimum Gasteiger partial charge on any atom is -0.508 e. The summed E-state index contributed by atoms with van der Waals surface area (Å²) in [5.74, 6) is -5.34. The van der Waals surface area contributed by atoms with Crippen LogP contribution in [-0.2, 0) is 19.2 Å². The fraction of sp³-hybridized carbons (Fsp3) is 0.310. The van der Waals surface area contributed by atoms with Gasteiger partial charge in [0.2, 0.25) is 11.8 Å². The lowest BCUT2D eigenvalue weighted by Gasteiger charge is -2.51. The maximum absolute atomic E-state index is 14.0. The van der Waals surface area contributed by atoms with Crippen LogP contribution in [0.3, 0.4) is 0 Å². The Labute approximate surface area is 253 Å². The van der Waals surface area contributed by atoms with Crippen molar-refractivity contribution >= 4 is 86.1 Å². The number of anilines is 1. The summed E-state index contributed by atoms with van der Waals surface area (Å²) in [7, 11) is 0. The molecule has 6 atom stereocenters. The van der Waals surface area contributed by atoms with Crippen LogP contribution in [0.1, 0.15) is 29.9 Å². The number of halogens is 4. The first-order chi connectivity index (χ1) is 19.0. The molecule has 4 aliphatic rings. The number of nitrogens with zero attached hydrogens (tertiary/aromatic N) is 2. The van der Waals surface area contributed by atoms with Crippen molar-refractivity contribution in [2.45, 2.75) is 28.5 Å². The van der Waals surface area contributed by atoms with Gasteiger partial charge in [-0.3, -0.25) is 29.0 Å². The molecule has 206 valence electrons. The Morgan fingerprint density at radius 2 is 1.73 bits per heavy atom. The van der Waals surface area contributed by atoms with Crippen molar-refractivity contribution < 1.29 is 24.3 Å². The van der Waals surface area contributed by atoms with Gasteiger partial charge in [0.25, 0.3) is 11.8 Å². The molecule has 1 N–H and O–H groups in total. The molecular weight excluding hydrogens is 643 g/mol. The molecule has 0 radical (unpaired) electrons. The zero-order chi connectivity index (χ0) is 28.7. The van der Waals surface area contributed by atoms with Crippen LogP contribution < -0.4 is 4.90 Å². The SMILES string of the molecule is C=Cc1ccc(N2C(=O)[C@H]3[C@H](CC=C4[C@H]3C[C@@]3(Cl)C(=O)N(CBr)C(=O)[C@@]3(Cl)[C@H]4c3ccc(O)cc3Cl)C2=O)cc1. The van der Waals surface area contributed by atoms with Crippen LogP contribution in [-0.4, -0.2) is 48.8 Å². The van der Waals surface area contributed by atoms with Crippen LogP contribution in [0.5, 0.6) is 5.75 Å². The molecule has 2 aliphatic heterocycles. The first-order valence-corrected chi connectivity index (χ1v) is 14.8. The highest BCUT2D eigenvalue weighted by atomic mass is 79.9. The van der Waals surface area contributed by atoms with E-state index >= 15 is 0 Å². The zero-order valence-electron chi connectivity index (χ0n) is 20.8. The molecule has 3 fully saturated rings. The number of imide groups is 2. The lowest BCUT2D eigenvalue weighted by molar-refractivity contribution is -0.138. The van der Waals surface area contributed by atoms with Gasteiger partial charge < -0.3 is 5.11 Å². The smallest absolute Gasteiger partial charge is 0.254 e. The Balaban J connectivity index is 1.51. The van der Waals surface area contributed by atoms with Gasteiger partial charge in [-0.1, -0.05) is 70.0 Å². The normalized spacial score (nSPS) is 33.0. The Morgan fingerprint density at radius 1 is 1.02 bits per heavy atom. The van der Waals surface area contributed by atoms with E-state index in [4.69, 9.17) is 34.8 Å². The number of carbonyl (C=O) groups is 4. The summed E-state index contributed by atoms with van der Waals surface area (Å²) in [6.07, 6.45) is 3.62. The van der Waals surface area contributed by atoms with Crippen LogP contribution in [0.25, 0.3) is 6.08 Å². The van der Waals surface area contributed by atoms with Gasteiger partial charge in [0.1, 0.15) is 5.75 Å². The van der Waals surface area contributed by atoms with Gasteiger partial charge in [0.05, 0.1) is 23.0 Å². The third kappa shape index (κ3) is 3.49. The molecule has 0 unspecified atom stereocenters. The second-order valence-corrected chi connectivity index (χ2v) is 12.7. The van der Waals surface area contributed by atoms with Gasteiger partial charge >= 0.3 is 0 Å². The number of rotatable bonds is 4. The number of allylic oxidation sites excluding steroid dienone is 2. The summed E-state index contributed by atoms with van der Waals surface area (Å²) in [6, 6.07) is 11.2.